The van der Waals surface area contributed by atoms with Gasteiger partial charge in [-0.1, -0.05) is 19.1 Å². The summed E-state index contributed by atoms with van der Waals surface area (Å²) in [5.74, 6) is 0.704. The highest BCUT2D eigenvalue weighted by molar-refractivity contribution is 5.89. The summed E-state index contributed by atoms with van der Waals surface area (Å²) in [5, 5.41) is 15.2. The number of amides is 2. The number of anilines is 1. The molecule has 0 radical (unpaired) electrons. The smallest absolute Gasteiger partial charge is 0.319 e. The molecule has 2 rings (SSSR count). The van der Waals surface area contributed by atoms with Gasteiger partial charge in [0.2, 0.25) is 0 Å². The summed E-state index contributed by atoms with van der Waals surface area (Å²) < 4.78 is 0. The van der Waals surface area contributed by atoms with E-state index < -0.39 is 6.10 Å². The number of aliphatic hydroxyl groups excluding tert-OH is 1. The normalized spacial score (nSPS) is 23.9. The second-order valence-electron chi connectivity index (χ2n) is 5.51. The van der Waals surface area contributed by atoms with Gasteiger partial charge in [0.1, 0.15) is 0 Å². The Morgan fingerprint density at radius 2 is 2.00 bits per heavy atom. The first-order chi connectivity index (χ1) is 9.04. The average Bonchev–Trinajstić information content (AvgIpc) is 2.75. The Morgan fingerprint density at radius 1 is 1.32 bits per heavy atom. The number of aliphatic hydroxyl groups is 1. The van der Waals surface area contributed by atoms with Crippen molar-refractivity contribution in [2.24, 2.45) is 5.92 Å². The number of benzene rings is 1. The molecule has 0 aliphatic heterocycles. The van der Waals surface area contributed by atoms with Crippen LogP contribution in [0.4, 0.5) is 10.5 Å². The van der Waals surface area contributed by atoms with Crippen LogP contribution in [0.2, 0.25) is 0 Å². The van der Waals surface area contributed by atoms with E-state index in [1.807, 2.05) is 12.1 Å². The van der Waals surface area contributed by atoms with E-state index in [4.69, 9.17) is 0 Å². The van der Waals surface area contributed by atoms with Crippen LogP contribution in [0.25, 0.3) is 0 Å². The van der Waals surface area contributed by atoms with E-state index >= 15 is 0 Å². The minimum Gasteiger partial charge on any atom is -0.389 e. The molecule has 0 bridgehead atoms. The molecule has 19 heavy (non-hydrogen) atoms. The summed E-state index contributed by atoms with van der Waals surface area (Å²) >= 11 is 0. The van der Waals surface area contributed by atoms with Gasteiger partial charge in [0, 0.05) is 11.7 Å². The van der Waals surface area contributed by atoms with Crippen LogP contribution in [-0.4, -0.2) is 17.2 Å². The van der Waals surface area contributed by atoms with Gasteiger partial charge in [-0.3, -0.25) is 0 Å². The maximum atomic E-state index is 11.8. The Morgan fingerprint density at radius 3 is 2.53 bits per heavy atom. The number of hydrogen-bond donors (Lipinski definition) is 3. The molecule has 1 fully saturated rings. The quantitative estimate of drug-likeness (QED) is 0.784. The van der Waals surface area contributed by atoms with Crippen molar-refractivity contribution in [1.29, 1.82) is 0 Å². The second-order valence-corrected chi connectivity index (χ2v) is 5.51. The molecule has 1 aromatic rings. The predicted octanol–water partition coefficient (Wildman–Crippen LogP) is 3.05. The Hall–Kier alpha value is -1.55. The molecule has 3 N–H and O–H groups in total. The van der Waals surface area contributed by atoms with E-state index in [1.54, 1.807) is 19.1 Å². The van der Waals surface area contributed by atoms with Gasteiger partial charge in [0.05, 0.1) is 6.10 Å². The molecular weight excluding hydrogens is 240 g/mol. The van der Waals surface area contributed by atoms with Gasteiger partial charge in [0.15, 0.2) is 0 Å². The fourth-order valence-electron chi connectivity index (χ4n) is 2.54. The van der Waals surface area contributed by atoms with E-state index in [0.717, 1.165) is 24.1 Å². The predicted molar refractivity (Wildman–Crippen MR) is 76.0 cm³/mol. The highest BCUT2D eigenvalue weighted by Gasteiger charge is 2.22. The molecule has 1 aliphatic rings. The van der Waals surface area contributed by atoms with E-state index in [9.17, 15) is 9.90 Å². The number of nitrogens with one attached hydrogen (secondary N) is 2. The molecule has 1 saturated carbocycles. The highest BCUT2D eigenvalue weighted by Crippen LogP contribution is 2.24. The third-order valence-electron chi connectivity index (χ3n) is 3.68. The van der Waals surface area contributed by atoms with Crippen molar-refractivity contribution >= 4 is 11.7 Å². The van der Waals surface area contributed by atoms with Crippen molar-refractivity contribution in [1.82, 2.24) is 5.32 Å². The highest BCUT2D eigenvalue weighted by atomic mass is 16.3. The first-order valence-electron chi connectivity index (χ1n) is 6.90. The van der Waals surface area contributed by atoms with Gasteiger partial charge in [-0.2, -0.15) is 0 Å². The van der Waals surface area contributed by atoms with Crippen LogP contribution in [0.5, 0.6) is 0 Å². The molecule has 3 unspecified atom stereocenters. The summed E-state index contributed by atoms with van der Waals surface area (Å²) in [7, 11) is 0. The fraction of sp³-hybridized carbons (Fsp3) is 0.533. The van der Waals surface area contributed by atoms with Crippen LogP contribution in [0, 0.1) is 5.92 Å². The maximum absolute atomic E-state index is 11.8. The summed E-state index contributed by atoms with van der Waals surface area (Å²) in [5.41, 5.74) is 1.59. The van der Waals surface area contributed by atoms with E-state index in [2.05, 4.69) is 17.6 Å². The van der Waals surface area contributed by atoms with Gasteiger partial charge in [-0.25, -0.2) is 4.79 Å². The lowest BCUT2D eigenvalue weighted by atomic mass is 10.1. The SMILES string of the molecule is CC1CCC(NC(=O)Nc2ccc(C(C)O)cc2)C1. The summed E-state index contributed by atoms with van der Waals surface area (Å²) in [6.45, 7) is 3.94. The Balaban J connectivity index is 1.85. The number of carbonyl (C=O) groups is 1. The molecule has 3 atom stereocenters. The Kier molecular flexibility index (Phi) is 4.43. The van der Waals surface area contributed by atoms with Crippen molar-refractivity contribution in [3.8, 4) is 0 Å². The molecule has 4 nitrogen and oxygen atoms in total. The van der Waals surface area contributed by atoms with Crippen molar-refractivity contribution in [2.45, 2.75) is 45.3 Å². The van der Waals surface area contributed by atoms with Crippen molar-refractivity contribution < 1.29 is 9.90 Å². The average molecular weight is 262 g/mol. The first kappa shape index (κ1) is 13.9. The lowest BCUT2D eigenvalue weighted by Gasteiger charge is -2.14. The first-order valence-corrected chi connectivity index (χ1v) is 6.90. The van der Waals surface area contributed by atoms with Crippen molar-refractivity contribution in [3.05, 3.63) is 29.8 Å². The minimum absolute atomic E-state index is 0.149. The zero-order chi connectivity index (χ0) is 13.8. The lowest BCUT2D eigenvalue weighted by Crippen LogP contribution is -2.36. The molecule has 1 aliphatic carbocycles. The molecule has 0 aromatic heterocycles. The van der Waals surface area contributed by atoms with Crippen molar-refractivity contribution in [2.75, 3.05) is 5.32 Å². The molecule has 0 spiro atoms. The third-order valence-corrected chi connectivity index (χ3v) is 3.68. The van der Waals surface area contributed by atoms with Crippen LogP contribution in [0.1, 0.15) is 44.8 Å². The van der Waals surface area contributed by atoms with Crippen LogP contribution < -0.4 is 10.6 Å². The number of rotatable bonds is 3. The monoisotopic (exact) mass is 262 g/mol. The zero-order valence-electron chi connectivity index (χ0n) is 11.5. The molecule has 4 heteroatoms. The largest absolute Gasteiger partial charge is 0.389 e. The molecule has 2 amide bonds. The molecule has 0 heterocycles. The third kappa shape index (κ3) is 3.96. The number of urea groups is 1. The lowest BCUT2D eigenvalue weighted by molar-refractivity contribution is 0.199. The van der Waals surface area contributed by atoms with E-state index in [-0.39, 0.29) is 6.03 Å². The van der Waals surface area contributed by atoms with E-state index in [0.29, 0.717) is 12.0 Å². The van der Waals surface area contributed by atoms with E-state index in [1.165, 1.54) is 6.42 Å². The van der Waals surface area contributed by atoms with Crippen LogP contribution in [0.15, 0.2) is 24.3 Å². The Bertz CT molecular complexity index is 428. The summed E-state index contributed by atoms with van der Waals surface area (Å²) in [6.07, 6.45) is 2.83. The number of carbonyl (C=O) groups excluding carboxylic acids is 1. The summed E-state index contributed by atoms with van der Waals surface area (Å²) in [6, 6.07) is 7.39. The standard InChI is InChI=1S/C15H22N2O2/c1-10-3-6-14(9-10)17-15(19)16-13-7-4-12(5-8-13)11(2)18/h4-5,7-8,10-11,14,18H,3,6,9H2,1-2H3,(H2,16,17,19). The fourth-order valence-corrected chi connectivity index (χ4v) is 2.54. The van der Waals surface area contributed by atoms with Crippen molar-refractivity contribution in [3.63, 3.8) is 0 Å². The van der Waals surface area contributed by atoms with Crippen LogP contribution in [-0.2, 0) is 0 Å². The minimum atomic E-state index is -0.483. The summed E-state index contributed by atoms with van der Waals surface area (Å²) in [4.78, 5) is 11.8. The molecular formula is C15H22N2O2. The topological polar surface area (TPSA) is 61.4 Å². The van der Waals surface area contributed by atoms with Crippen LogP contribution in [0.3, 0.4) is 0 Å². The van der Waals surface area contributed by atoms with Gasteiger partial charge >= 0.3 is 6.03 Å². The Labute approximate surface area is 114 Å². The van der Waals surface area contributed by atoms with Gasteiger partial charge < -0.3 is 15.7 Å². The maximum Gasteiger partial charge on any atom is 0.319 e. The zero-order valence-corrected chi connectivity index (χ0v) is 11.5. The van der Waals surface area contributed by atoms with Gasteiger partial charge in [-0.15, -0.1) is 0 Å². The molecule has 1 aromatic carbocycles. The number of hydrogen-bond acceptors (Lipinski definition) is 2. The van der Waals surface area contributed by atoms with Gasteiger partial charge in [0.25, 0.3) is 0 Å². The van der Waals surface area contributed by atoms with Crippen LogP contribution >= 0.6 is 0 Å². The second kappa shape index (κ2) is 6.06. The molecule has 0 saturated heterocycles. The van der Waals surface area contributed by atoms with Gasteiger partial charge in [-0.05, 0) is 49.8 Å². The molecule has 104 valence electrons.